The van der Waals surface area contributed by atoms with Crippen LogP contribution in [-0.4, -0.2) is 48.9 Å². The monoisotopic (exact) mass is 364 g/mol. The number of fused-ring (bicyclic) bond motifs is 1. The van der Waals surface area contributed by atoms with Crippen molar-refractivity contribution in [2.24, 2.45) is 11.8 Å². The van der Waals surface area contributed by atoms with Crippen LogP contribution in [0.3, 0.4) is 0 Å². The van der Waals surface area contributed by atoms with Crippen LogP contribution in [0.25, 0.3) is 0 Å². The van der Waals surface area contributed by atoms with Crippen LogP contribution in [-0.2, 0) is 10.0 Å². The summed E-state index contributed by atoms with van der Waals surface area (Å²) in [6, 6.07) is 3.59. The van der Waals surface area contributed by atoms with E-state index in [1.54, 1.807) is 16.7 Å². The van der Waals surface area contributed by atoms with Gasteiger partial charge in [0.05, 0.1) is 0 Å². The number of aryl methyl sites for hydroxylation is 2. The van der Waals surface area contributed by atoms with Crippen molar-refractivity contribution in [1.82, 2.24) is 14.3 Å². The Morgan fingerprint density at radius 1 is 1.12 bits per heavy atom. The lowest BCUT2D eigenvalue weighted by Crippen LogP contribution is -2.33. The first kappa shape index (κ1) is 16.0. The highest BCUT2D eigenvalue weighted by molar-refractivity contribution is 7.91. The summed E-state index contributed by atoms with van der Waals surface area (Å²) in [6.45, 7) is 6.87. The Kier molecular flexibility index (Phi) is 3.85. The third-order valence-corrected chi connectivity index (χ3v) is 8.23. The molecule has 2 aliphatic heterocycles. The zero-order valence-electron chi connectivity index (χ0n) is 13.7. The van der Waals surface area contributed by atoms with E-state index in [0.29, 0.717) is 29.1 Å². The molecule has 0 aromatic carbocycles. The standard InChI is InChI=1S/C16H20N4O2S2/c1-11-5-17-10-18-16(11)19-6-13-8-20(9-14(13)7-19)24(21,22)15-4-3-12(2)23-15/h3-5,10,13-14H,6-9H2,1-2H3. The van der Waals surface area contributed by atoms with Crippen LogP contribution in [0, 0.1) is 25.7 Å². The van der Waals surface area contributed by atoms with Crippen LogP contribution in [0.2, 0.25) is 0 Å². The van der Waals surface area contributed by atoms with Gasteiger partial charge in [-0.15, -0.1) is 11.3 Å². The fraction of sp³-hybridized carbons (Fsp3) is 0.500. The minimum Gasteiger partial charge on any atom is -0.356 e. The summed E-state index contributed by atoms with van der Waals surface area (Å²) in [5, 5.41) is 0. The highest BCUT2D eigenvalue weighted by atomic mass is 32.2. The van der Waals surface area contributed by atoms with Crippen molar-refractivity contribution < 1.29 is 8.42 Å². The van der Waals surface area contributed by atoms with Gasteiger partial charge in [0.25, 0.3) is 10.0 Å². The lowest BCUT2D eigenvalue weighted by atomic mass is 10.0. The average molecular weight is 364 g/mol. The zero-order chi connectivity index (χ0) is 16.9. The van der Waals surface area contributed by atoms with Gasteiger partial charge in [0.2, 0.25) is 0 Å². The smallest absolute Gasteiger partial charge is 0.252 e. The van der Waals surface area contributed by atoms with Crippen molar-refractivity contribution in [3.63, 3.8) is 0 Å². The quantitative estimate of drug-likeness (QED) is 0.832. The Hall–Kier alpha value is -1.51. The predicted octanol–water partition coefficient (Wildman–Crippen LogP) is 1.91. The largest absolute Gasteiger partial charge is 0.356 e. The summed E-state index contributed by atoms with van der Waals surface area (Å²) in [6.07, 6.45) is 3.40. The highest BCUT2D eigenvalue weighted by Crippen LogP contribution is 2.37. The van der Waals surface area contributed by atoms with Crippen molar-refractivity contribution in [3.8, 4) is 0 Å². The molecule has 0 bridgehead atoms. The molecule has 0 spiro atoms. The molecule has 2 fully saturated rings. The molecule has 2 saturated heterocycles. The predicted molar refractivity (Wildman–Crippen MR) is 93.8 cm³/mol. The van der Waals surface area contributed by atoms with Crippen molar-refractivity contribution in [2.45, 2.75) is 18.1 Å². The fourth-order valence-electron chi connectivity index (χ4n) is 3.72. The Balaban J connectivity index is 1.49. The number of aromatic nitrogens is 2. The van der Waals surface area contributed by atoms with E-state index in [1.165, 1.54) is 11.3 Å². The molecule has 4 heterocycles. The second-order valence-electron chi connectivity index (χ2n) is 6.64. The van der Waals surface area contributed by atoms with E-state index < -0.39 is 10.0 Å². The normalized spacial score (nSPS) is 24.5. The molecule has 2 aromatic heterocycles. The fourth-order valence-corrected chi connectivity index (χ4v) is 6.71. The lowest BCUT2D eigenvalue weighted by molar-refractivity contribution is 0.454. The van der Waals surface area contributed by atoms with Crippen LogP contribution in [0.15, 0.2) is 28.9 Å². The second-order valence-corrected chi connectivity index (χ2v) is 10.1. The van der Waals surface area contributed by atoms with Crippen LogP contribution < -0.4 is 4.90 Å². The third kappa shape index (κ3) is 2.62. The van der Waals surface area contributed by atoms with Gasteiger partial charge in [0.15, 0.2) is 0 Å². The summed E-state index contributed by atoms with van der Waals surface area (Å²) in [5.41, 5.74) is 1.07. The Labute approximate surface area is 146 Å². The van der Waals surface area contributed by atoms with E-state index in [1.807, 2.05) is 26.1 Å². The molecule has 4 rings (SSSR count). The Bertz CT molecular complexity index is 850. The van der Waals surface area contributed by atoms with Gasteiger partial charge < -0.3 is 4.90 Å². The zero-order valence-corrected chi connectivity index (χ0v) is 15.3. The van der Waals surface area contributed by atoms with E-state index in [2.05, 4.69) is 14.9 Å². The number of hydrogen-bond donors (Lipinski definition) is 0. The van der Waals surface area contributed by atoms with Crippen molar-refractivity contribution in [1.29, 1.82) is 0 Å². The highest BCUT2D eigenvalue weighted by Gasteiger charge is 2.45. The van der Waals surface area contributed by atoms with Gasteiger partial charge in [-0.25, -0.2) is 18.4 Å². The number of anilines is 1. The number of nitrogens with zero attached hydrogens (tertiary/aromatic N) is 4. The van der Waals surface area contributed by atoms with Gasteiger partial charge in [-0.3, -0.25) is 0 Å². The van der Waals surface area contributed by atoms with Gasteiger partial charge in [0.1, 0.15) is 16.4 Å². The first-order chi connectivity index (χ1) is 11.4. The number of sulfonamides is 1. The van der Waals surface area contributed by atoms with Gasteiger partial charge in [-0.1, -0.05) is 0 Å². The van der Waals surface area contributed by atoms with Crippen molar-refractivity contribution >= 4 is 27.2 Å². The molecule has 2 aromatic rings. The topological polar surface area (TPSA) is 66.4 Å². The molecular formula is C16H20N4O2S2. The van der Waals surface area contributed by atoms with Crippen molar-refractivity contribution in [3.05, 3.63) is 35.1 Å². The number of hydrogen-bond acceptors (Lipinski definition) is 6. The van der Waals surface area contributed by atoms with E-state index in [9.17, 15) is 8.42 Å². The summed E-state index contributed by atoms with van der Waals surface area (Å²) < 4.78 is 27.7. The molecule has 24 heavy (non-hydrogen) atoms. The Morgan fingerprint density at radius 2 is 1.83 bits per heavy atom. The van der Waals surface area contributed by atoms with E-state index in [0.717, 1.165) is 29.3 Å². The molecule has 2 unspecified atom stereocenters. The first-order valence-corrected chi connectivity index (χ1v) is 10.3. The third-order valence-electron chi connectivity index (χ3n) is 4.93. The van der Waals surface area contributed by atoms with Gasteiger partial charge in [-0.2, -0.15) is 4.31 Å². The summed E-state index contributed by atoms with van der Waals surface area (Å²) in [7, 11) is -3.34. The molecule has 0 radical (unpaired) electrons. The lowest BCUT2D eigenvalue weighted by Gasteiger charge is -2.22. The first-order valence-electron chi connectivity index (χ1n) is 8.03. The van der Waals surface area contributed by atoms with Gasteiger partial charge in [-0.05, 0) is 37.8 Å². The van der Waals surface area contributed by atoms with Crippen LogP contribution >= 0.6 is 11.3 Å². The minimum absolute atomic E-state index is 0.371. The summed E-state index contributed by atoms with van der Waals surface area (Å²) in [4.78, 5) is 11.7. The summed E-state index contributed by atoms with van der Waals surface area (Å²) in [5.74, 6) is 1.72. The molecule has 6 nitrogen and oxygen atoms in total. The molecule has 128 valence electrons. The Morgan fingerprint density at radius 3 is 2.42 bits per heavy atom. The second kappa shape index (κ2) is 5.79. The summed E-state index contributed by atoms with van der Waals surface area (Å²) >= 11 is 1.35. The van der Waals surface area contributed by atoms with Gasteiger partial charge >= 0.3 is 0 Å². The van der Waals surface area contributed by atoms with Gasteiger partial charge in [0, 0.05) is 42.8 Å². The van der Waals surface area contributed by atoms with E-state index in [-0.39, 0.29) is 0 Å². The van der Waals surface area contributed by atoms with Crippen LogP contribution in [0.5, 0.6) is 0 Å². The average Bonchev–Trinajstić information content (AvgIpc) is 3.21. The SMILES string of the molecule is Cc1ccc(S(=O)(=O)N2CC3CN(c4ncncc4C)CC3C2)s1. The number of rotatable bonds is 3. The minimum atomic E-state index is -3.34. The maximum Gasteiger partial charge on any atom is 0.252 e. The molecule has 2 aliphatic rings. The van der Waals surface area contributed by atoms with Crippen LogP contribution in [0.4, 0.5) is 5.82 Å². The molecular weight excluding hydrogens is 344 g/mol. The molecule has 0 aliphatic carbocycles. The molecule has 0 N–H and O–H groups in total. The van der Waals surface area contributed by atoms with E-state index >= 15 is 0 Å². The number of thiophene rings is 1. The molecule has 0 amide bonds. The molecule has 2 atom stereocenters. The maximum absolute atomic E-state index is 12.8. The van der Waals surface area contributed by atoms with Crippen molar-refractivity contribution in [2.75, 3.05) is 31.1 Å². The molecule has 8 heteroatoms. The van der Waals surface area contributed by atoms with Crippen LogP contribution in [0.1, 0.15) is 10.4 Å². The molecule has 0 saturated carbocycles. The maximum atomic E-state index is 12.8. The van der Waals surface area contributed by atoms with E-state index in [4.69, 9.17) is 0 Å².